The highest BCUT2D eigenvalue weighted by Gasteiger charge is 2.50. The topological polar surface area (TPSA) is 0 Å². The SMILES string of the molecule is CC[N+]1(C2CCCCC2)SC(=S)C2=C1CCCC2. The van der Waals surface area contributed by atoms with E-state index in [-0.39, 0.29) is 0 Å². The quantitative estimate of drug-likeness (QED) is 0.398. The molecule has 0 N–H and O–H groups in total. The van der Waals surface area contributed by atoms with E-state index in [4.69, 9.17) is 12.2 Å². The summed E-state index contributed by atoms with van der Waals surface area (Å²) >= 11 is 7.71. The lowest BCUT2D eigenvalue weighted by atomic mass is 9.90. The molecule has 3 aliphatic rings. The van der Waals surface area contributed by atoms with Crippen molar-refractivity contribution in [2.75, 3.05) is 6.54 Å². The Morgan fingerprint density at radius 1 is 1.11 bits per heavy atom. The normalized spacial score (nSPS) is 33.9. The van der Waals surface area contributed by atoms with Crippen molar-refractivity contribution in [3.8, 4) is 0 Å². The van der Waals surface area contributed by atoms with Gasteiger partial charge in [-0.3, -0.25) is 0 Å². The van der Waals surface area contributed by atoms with Gasteiger partial charge in [-0.15, -0.1) is 0 Å². The monoisotopic (exact) mass is 282 g/mol. The summed E-state index contributed by atoms with van der Waals surface area (Å²) in [6.07, 6.45) is 12.5. The van der Waals surface area contributed by atoms with E-state index in [0.29, 0.717) is 0 Å². The molecule has 2 aliphatic carbocycles. The van der Waals surface area contributed by atoms with Crippen molar-refractivity contribution in [1.29, 1.82) is 0 Å². The van der Waals surface area contributed by atoms with Gasteiger partial charge in [0.05, 0.1) is 6.54 Å². The van der Waals surface area contributed by atoms with Gasteiger partial charge in [0.25, 0.3) is 0 Å². The van der Waals surface area contributed by atoms with Gasteiger partial charge >= 0.3 is 0 Å². The zero-order valence-corrected chi connectivity index (χ0v) is 13.0. The molecule has 1 fully saturated rings. The Balaban J connectivity index is 1.95. The molecule has 100 valence electrons. The minimum absolute atomic E-state index is 0.845. The zero-order valence-electron chi connectivity index (χ0n) is 11.4. The largest absolute Gasteiger partial charge is 0.225 e. The third kappa shape index (κ3) is 1.99. The molecular weight excluding hydrogens is 258 g/mol. The highest BCUT2D eigenvalue weighted by atomic mass is 32.2. The van der Waals surface area contributed by atoms with Crippen LogP contribution in [0.5, 0.6) is 0 Å². The zero-order chi connectivity index (χ0) is 12.6. The van der Waals surface area contributed by atoms with Crippen molar-refractivity contribution in [1.82, 2.24) is 0 Å². The first-order valence-corrected chi connectivity index (χ1v) is 8.80. The number of rotatable bonds is 2. The van der Waals surface area contributed by atoms with Crippen molar-refractivity contribution < 1.29 is 3.89 Å². The molecule has 0 bridgehead atoms. The van der Waals surface area contributed by atoms with Crippen molar-refractivity contribution in [2.45, 2.75) is 70.8 Å². The van der Waals surface area contributed by atoms with Gasteiger partial charge in [0.15, 0.2) is 0 Å². The van der Waals surface area contributed by atoms with E-state index in [1.165, 1.54) is 72.4 Å². The average molecular weight is 282 g/mol. The third-order valence-corrected chi connectivity index (χ3v) is 7.01. The maximum absolute atomic E-state index is 5.69. The van der Waals surface area contributed by atoms with E-state index in [9.17, 15) is 0 Å². The van der Waals surface area contributed by atoms with Gasteiger partial charge < -0.3 is 0 Å². The highest BCUT2D eigenvalue weighted by molar-refractivity contribution is 8.20. The summed E-state index contributed by atoms with van der Waals surface area (Å²) in [6, 6.07) is 0.845. The van der Waals surface area contributed by atoms with Crippen molar-refractivity contribution in [2.24, 2.45) is 0 Å². The number of thiocarbonyl (C=S) groups is 1. The Morgan fingerprint density at radius 2 is 1.83 bits per heavy atom. The van der Waals surface area contributed by atoms with Gasteiger partial charge in [-0.05, 0) is 39.0 Å². The number of allylic oxidation sites excluding steroid dienone is 1. The Kier molecular flexibility index (Phi) is 3.84. The minimum Gasteiger partial charge on any atom is -0.225 e. The van der Waals surface area contributed by atoms with E-state index >= 15 is 0 Å². The molecular formula is C15H24NS2+. The molecule has 0 aromatic heterocycles. The van der Waals surface area contributed by atoms with Crippen LogP contribution in [0.1, 0.15) is 64.7 Å². The maximum Gasteiger partial charge on any atom is 0.138 e. The second kappa shape index (κ2) is 5.26. The molecule has 0 radical (unpaired) electrons. The summed E-state index contributed by atoms with van der Waals surface area (Å²) in [4.78, 5) is 0. The number of hydrogen-bond acceptors (Lipinski definition) is 2. The Labute approximate surface area is 121 Å². The molecule has 3 heteroatoms. The first-order valence-electron chi connectivity index (χ1n) is 7.62. The summed E-state index contributed by atoms with van der Waals surface area (Å²) in [5.41, 5.74) is 3.30. The van der Waals surface area contributed by atoms with Crippen LogP contribution in [0.2, 0.25) is 0 Å². The Morgan fingerprint density at radius 3 is 2.56 bits per heavy atom. The predicted molar refractivity (Wildman–Crippen MR) is 83.4 cm³/mol. The Bertz CT molecular complexity index is 382. The average Bonchev–Trinajstić information content (AvgIpc) is 2.74. The van der Waals surface area contributed by atoms with Crippen LogP contribution in [0.4, 0.5) is 0 Å². The molecule has 0 aromatic carbocycles. The molecule has 1 saturated carbocycles. The number of quaternary nitrogens is 1. The van der Waals surface area contributed by atoms with Crippen LogP contribution in [-0.4, -0.2) is 20.7 Å². The van der Waals surface area contributed by atoms with Crippen molar-refractivity contribution in [3.63, 3.8) is 0 Å². The minimum atomic E-state index is 0.845. The van der Waals surface area contributed by atoms with Gasteiger partial charge in [0.2, 0.25) is 0 Å². The van der Waals surface area contributed by atoms with Crippen molar-refractivity contribution in [3.05, 3.63) is 11.3 Å². The summed E-state index contributed by atoms with van der Waals surface area (Å²) in [5.74, 6) is 0. The molecule has 18 heavy (non-hydrogen) atoms. The number of hydrogen-bond donors (Lipinski definition) is 0. The molecule has 0 aromatic rings. The first-order chi connectivity index (χ1) is 8.78. The molecule has 0 spiro atoms. The van der Waals surface area contributed by atoms with E-state index in [1.54, 1.807) is 11.3 Å². The van der Waals surface area contributed by atoms with Gasteiger partial charge in [-0.2, -0.15) is 0 Å². The van der Waals surface area contributed by atoms with Crippen LogP contribution >= 0.6 is 24.2 Å². The predicted octanol–water partition coefficient (Wildman–Crippen LogP) is 4.97. The summed E-state index contributed by atoms with van der Waals surface area (Å²) in [5, 5.41) is 0. The first kappa shape index (κ1) is 13.1. The summed E-state index contributed by atoms with van der Waals surface area (Å²) in [6.45, 7) is 3.60. The van der Waals surface area contributed by atoms with Crippen molar-refractivity contribution >= 4 is 28.4 Å². The molecule has 1 unspecified atom stereocenters. The summed E-state index contributed by atoms with van der Waals surface area (Å²) in [7, 11) is 0. The van der Waals surface area contributed by atoms with Crippen LogP contribution in [0.25, 0.3) is 0 Å². The highest BCUT2D eigenvalue weighted by Crippen LogP contribution is 2.52. The van der Waals surface area contributed by atoms with Gasteiger partial charge in [0.1, 0.15) is 27.9 Å². The second-order valence-electron chi connectivity index (χ2n) is 5.91. The van der Waals surface area contributed by atoms with Crippen LogP contribution in [0.3, 0.4) is 0 Å². The van der Waals surface area contributed by atoms with Gasteiger partial charge in [-0.25, -0.2) is 3.89 Å². The van der Waals surface area contributed by atoms with E-state index in [0.717, 1.165) is 6.04 Å². The Hall–Kier alpha value is 0.140. The van der Waals surface area contributed by atoms with Crippen LogP contribution in [0.15, 0.2) is 11.3 Å². The fourth-order valence-electron chi connectivity index (χ4n) is 4.09. The number of nitrogens with zero attached hydrogens (tertiary/aromatic N) is 1. The lowest BCUT2D eigenvalue weighted by Crippen LogP contribution is -2.48. The molecule has 0 amide bonds. The van der Waals surface area contributed by atoms with Crippen LogP contribution in [-0.2, 0) is 0 Å². The van der Waals surface area contributed by atoms with Crippen LogP contribution < -0.4 is 0 Å². The summed E-state index contributed by atoms with van der Waals surface area (Å²) < 4.78 is 2.42. The van der Waals surface area contributed by atoms with E-state index < -0.39 is 0 Å². The van der Waals surface area contributed by atoms with Gasteiger partial charge in [0, 0.05) is 24.8 Å². The fourth-order valence-corrected chi connectivity index (χ4v) is 6.14. The molecule has 1 atom stereocenters. The van der Waals surface area contributed by atoms with E-state index in [1.807, 2.05) is 11.9 Å². The second-order valence-corrected chi connectivity index (χ2v) is 7.82. The lowest BCUT2D eigenvalue weighted by Gasteiger charge is -2.42. The molecule has 1 nitrogen and oxygen atoms in total. The maximum atomic E-state index is 5.69. The smallest absolute Gasteiger partial charge is 0.138 e. The standard InChI is InChI=1S/C15H24NS2/c1-2-16(12-8-4-3-5-9-12)14-11-7-6-10-13(14)15(17)18-16/h12H,2-11H2,1H3/q+1. The molecule has 3 rings (SSSR count). The molecule has 1 aliphatic heterocycles. The van der Waals surface area contributed by atoms with Gasteiger partial charge in [-0.1, -0.05) is 18.6 Å². The van der Waals surface area contributed by atoms with E-state index in [2.05, 4.69) is 6.92 Å². The third-order valence-electron chi connectivity index (χ3n) is 5.02. The molecule has 1 heterocycles. The molecule has 0 saturated heterocycles. The van der Waals surface area contributed by atoms with Crippen LogP contribution in [0, 0.1) is 0 Å². The lowest BCUT2D eigenvalue weighted by molar-refractivity contribution is -0.783. The fraction of sp³-hybridized carbons (Fsp3) is 0.800.